The summed E-state index contributed by atoms with van der Waals surface area (Å²) in [5.74, 6) is 2.34. The number of nitrogens with zero attached hydrogens (tertiary/aromatic N) is 6. The fourth-order valence-electron chi connectivity index (χ4n) is 0.457. The van der Waals surface area contributed by atoms with E-state index in [2.05, 4.69) is 77.7 Å². The van der Waals surface area contributed by atoms with Crippen LogP contribution in [0.5, 0.6) is 0 Å². The number of aromatic nitrogens is 8. The topological polar surface area (TPSA) is 118 Å². The van der Waals surface area contributed by atoms with Crippen molar-refractivity contribution in [2.24, 2.45) is 18.9 Å². The molecule has 2 N–H and O–H groups in total. The molecule has 0 saturated heterocycles. The molecule has 0 fully saturated rings. The Hall–Kier alpha value is -2.06. The zero-order valence-electron chi connectivity index (χ0n) is 14.2. The Kier molecular flexibility index (Phi) is 17.4. The third kappa shape index (κ3) is 23.1. The predicted molar refractivity (Wildman–Crippen MR) is 88.3 cm³/mol. The van der Waals surface area contributed by atoms with Crippen LogP contribution in [-0.2, 0) is 7.05 Å². The van der Waals surface area contributed by atoms with Gasteiger partial charge in [0.1, 0.15) is 0 Å². The Morgan fingerprint density at radius 1 is 1.00 bits per heavy atom. The van der Waals surface area contributed by atoms with Crippen molar-refractivity contribution in [2.75, 3.05) is 0 Å². The highest BCUT2D eigenvalue weighted by atomic mass is 16.2. The van der Waals surface area contributed by atoms with E-state index in [1.54, 1.807) is 6.92 Å². The second kappa shape index (κ2) is 15.3. The summed E-state index contributed by atoms with van der Waals surface area (Å²) in [6.45, 7) is 14.8. The van der Waals surface area contributed by atoms with Gasteiger partial charge in [-0.2, -0.15) is 9.90 Å². The van der Waals surface area contributed by atoms with Crippen molar-refractivity contribution in [3.05, 3.63) is 16.3 Å². The van der Waals surface area contributed by atoms with Crippen molar-refractivity contribution < 1.29 is 0 Å². The number of nitrogens with one attached hydrogen (secondary N) is 2. The van der Waals surface area contributed by atoms with Gasteiger partial charge in [0.05, 0.1) is 0 Å². The molecule has 2 aromatic rings. The van der Waals surface area contributed by atoms with Crippen molar-refractivity contribution in [3.8, 4) is 0 Å². The second-order valence-corrected chi connectivity index (χ2v) is 5.55. The highest BCUT2D eigenvalue weighted by molar-refractivity contribution is 4.63. The molecule has 9 heteroatoms. The van der Waals surface area contributed by atoms with Gasteiger partial charge in [-0.05, 0) is 29.2 Å². The third-order valence-electron chi connectivity index (χ3n) is 1.07. The van der Waals surface area contributed by atoms with Crippen molar-refractivity contribution in [2.45, 2.75) is 55.9 Å². The maximum Gasteiger partial charge on any atom is 0.360 e. The summed E-state index contributed by atoms with van der Waals surface area (Å²) in [5.41, 5.74) is -0.292. The van der Waals surface area contributed by atoms with Crippen molar-refractivity contribution >= 4 is 0 Å². The highest BCUT2D eigenvalue weighted by Gasteiger charge is 1.84. The molecule has 0 aliphatic heterocycles. The van der Waals surface area contributed by atoms with Crippen molar-refractivity contribution in [1.29, 1.82) is 0 Å². The number of rotatable bonds is 0. The van der Waals surface area contributed by atoms with Gasteiger partial charge >= 0.3 is 5.69 Å². The summed E-state index contributed by atoms with van der Waals surface area (Å²) in [7, 11) is 1.52. The smallest absolute Gasteiger partial charge is 0.245 e. The molecule has 22 heavy (non-hydrogen) atoms. The van der Waals surface area contributed by atoms with Crippen LogP contribution >= 0.6 is 0 Å². The molecule has 2 heterocycles. The average molecular weight is 316 g/mol. The van der Waals surface area contributed by atoms with E-state index in [0.717, 1.165) is 16.5 Å². The minimum atomic E-state index is -0.292. The number of tetrazole rings is 2. The third-order valence-corrected chi connectivity index (χ3v) is 1.07. The van der Waals surface area contributed by atoms with Crippen LogP contribution in [0.15, 0.2) is 4.79 Å². The lowest BCUT2D eigenvalue weighted by molar-refractivity contribution is 0.695. The zero-order chi connectivity index (χ0) is 16.8. The number of aryl methyl sites for hydroxylation is 2. The van der Waals surface area contributed by atoms with Gasteiger partial charge in [0.2, 0.25) is 0 Å². The minimum absolute atomic E-state index is 0. The number of H-pyrrole nitrogens is 2. The molecule has 0 spiro atoms. The van der Waals surface area contributed by atoms with Crippen LogP contribution in [0.2, 0.25) is 0 Å². The van der Waals surface area contributed by atoms with E-state index in [1.165, 1.54) is 7.05 Å². The molecule has 0 aliphatic carbocycles. The summed E-state index contributed by atoms with van der Waals surface area (Å²) in [6.07, 6.45) is 0. The molecule has 130 valence electrons. The van der Waals surface area contributed by atoms with Gasteiger partial charge in [-0.15, -0.1) is 10.2 Å². The zero-order valence-corrected chi connectivity index (χ0v) is 14.2. The van der Waals surface area contributed by atoms with Gasteiger partial charge in [-0.1, -0.05) is 54.2 Å². The molecule has 2 rings (SSSR count). The van der Waals surface area contributed by atoms with E-state index in [0.29, 0.717) is 5.82 Å². The van der Waals surface area contributed by atoms with E-state index in [-0.39, 0.29) is 13.1 Å². The Morgan fingerprint density at radius 2 is 1.45 bits per heavy atom. The first-order valence-electron chi connectivity index (χ1n) is 6.81. The molecule has 2 aromatic heterocycles. The molecule has 0 atom stereocenters. The van der Waals surface area contributed by atoms with E-state index in [9.17, 15) is 4.79 Å². The molecular formula is C13H32N8O. The van der Waals surface area contributed by atoms with Crippen LogP contribution < -0.4 is 5.69 Å². The molecule has 0 aliphatic rings. The van der Waals surface area contributed by atoms with Crippen molar-refractivity contribution in [3.63, 3.8) is 0 Å². The predicted octanol–water partition coefficient (Wildman–Crippen LogP) is 1.97. The summed E-state index contributed by atoms with van der Waals surface area (Å²) in [6, 6.07) is 0. The lowest BCUT2D eigenvalue weighted by Crippen LogP contribution is -2.13. The normalized spacial score (nSPS) is 8.64. The van der Waals surface area contributed by atoms with Gasteiger partial charge in [0, 0.05) is 7.05 Å². The fraction of sp³-hybridized carbons (Fsp3) is 0.846. The van der Waals surface area contributed by atoms with Gasteiger partial charge in [0.15, 0.2) is 5.82 Å². The number of hydrogen-bond donors (Lipinski definition) is 2. The Balaban J connectivity index is -0.000000223. The van der Waals surface area contributed by atoms with Crippen LogP contribution in [0.4, 0.5) is 0 Å². The monoisotopic (exact) mass is 316 g/mol. The summed E-state index contributed by atoms with van der Waals surface area (Å²) >= 11 is 0. The Labute approximate surface area is 132 Å². The van der Waals surface area contributed by atoms with E-state index in [1.807, 2.05) is 0 Å². The quantitative estimate of drug-likeness (QED) is 0.767. The van der Waals surface area contributed by atoms with Crippen LogP contribution in [0.1, 0.15) is 54.8 Å². The van der Waals surface area contributed by atoms with Crippen molar-refractivity contribution in [1.82, 2.24) is 40.8 Å². The molecule has 0 saturated carbocycles. The number of aromatic amines is 2. The van der Waals surface area contributed by atoms with Crippen LogP contribution in [0.25, 0.3) is 0 Å². The molecule has 0 aromatic carbocycles. The van der Waals surface area contributed by atoms with E-state index in [4.69, 9.17) is 0 Å². The SMILES string of the molecule is C.CC(C)C.CC(C)C.Cc1nn[nH]n1.Cn1nn[nH]c1=O. The van der Waals surface area contributed by atoms with Gasteiger partial charge in [-0.25, -0.2) is 9.89 Å². The first-order chi connectivity index (χ1) is 9.66. The molecule has 0 amide bonds. The molecule has 0 radical (unpaired) electrons. The fourth-order valence-corrected chi connectivity index (χ4v) is 0.457. The Morgan fingerprint density at radius 3 is 1.55 bits per heavy atom. The van der Waals surface area contributed by atoms with Gasteiger partial charge in [-0.3, -0.25) is 0 Å². The summed E-state index contributed by atoms with van der Waals surface area (Å²) in [5, 5.41) is 21.3. The number of hydrogen-bond acceptors (Lipinski definition) is 6. The first-order valence-corrected chi connectivity index (χ1v) is 6.81. The largest absolute Gasteiger partial charge is 0.360 e. The van der Waals surface area contributed by atoms with E-state index >= 15 is 0 Å². The minimum Gasteiger partial charge on any atom is -0.245 e. The van der Waals surface area contributed by atoms with Crippen LogP contribution in [0, 0.1) is 18.8 Å². The molecule has 0 bridgehead atoms. The highest BCUT2D eigenvalue weighted by Crippen LogP contribution is 1.81. The summed E-state index contributed by atoms with van der Waals surface area (Å²) < 4.78 is 1.11. The lowest BCUT2D eigenvalue weighted by Gasteiger charge is -1.79. The summed E-state index contributed by atoms with van der Waals surface area (Å²) in [4.78, 5) is 10.2. The average Bonchev–Trinajstić information content (AvgIpc) is 2.91. The molecular weight excluding hydrogens is 284 g/mol. The maximum atomic E-state index is 10.2. The lowest BCUT2D eigenvalue weighted by atomic mass is 10.3. The standard InChI is InChI=1S/2C4H10.C2H4N4O.C2H4N4.CH4/c2*1-4(2)3;1-6-2(7)3-4-5-6;1-2-3-5-6-4-2;/h2*4H,1-3H3;1H3,(H,3,5,7);1H3,(H,3,4,5,6);1H4. The van der Waals surface area contributed by atoms with Gasteiger partial charge < -0.3 is 0 Å². The van der Waals surface area contributed by atoms with Crippen LogP contribution in [0.3, 0.4) is 0 Å². The molecule has 9 nitrogen and oxygen atoms in total. The Bertz CT molecular complexity index is 461. The van der Waals surface area contributed by atoms with E-state index < -0.39 is 0 Å². The first kappa shape index (κ1) is 24.9. The maximum absolute atomic E-state index is 10.2. The van der Waals surface area contributed by atoms with Crippen LogP contribution in [-0.4, -0.2) is 40.8 Å². The van der Waals surface area contributed by atoms with Gasteiger partial charge in [0.25, 0.3) is 0 Å². The second-order valence-electron chi connectivity index (χ2n) is 5.55. The molecule has 0 unspecified atom stereocenters.